The average molecular weight is 461 g/mol. The van der Waals surface area contributed by atoms with Gasteiger partial charge in [-0.1, -0.05) is 29.8 Å². The molecule has 1 aliphatic rings. The van der Waals surface area contributed by atoms with E-state index in [1.165, 1.54) is 6.20 Å². The van der Waals surface area contributed by atoms with Crippen LogP contribution in [0.2, 0.25) is 0 Å². The molecule has 0 fully saturated rings. The van der Waals surface area contributed by atoms with Crippen molar-refractivity contribution in [1.29, 1.82) is 0 Å². The van der Waals surface area contributed by atoms with E-state index in [4.69, 9.17) is 4.98 Å². The highest BCUT2D eigenvalue weighted by molar-refractivity contribution is 8.24. The SMILES string of the molecule is Cc1ccc2nc(N3CCS(O)(O)c4ccccc4C3)cc(NC(=O)c3cccnc3)c2c1. The number of aryl methyl sites for hydroxylation is 1. The fourth-order valence-electron chi connectivity index (χ4n) is 4.06. The Morgan fingerprint density at radius 3 is 2.76 bits per heavy atom. The predicted molar refractivity (Wildman–Crippen MR) is 132 cm³/mol. The molecule has 1 amide bonds. The number of aromatic nitrogens is 2. The van der Waals surface area contributed by atoms with Crippen molar-refractivity contribution in [2.75, 3.05) is 22.5 Å². The third kappa shape index (κ3) is 4.28. The molecule has 7 nitrogen and oxygen atoms in total. The van der Waals surface area contributed by atoms with Crippen molar-refractivity contribution in [3.8, 4) is 0 Å². The van der Waals surface area contributed by atoms with Gasteiger partial charge in [0.15, 0.2) is 0 Å². The maximum Gasteiger partial charge on any atom is 0.257 e. The molecule has 0 radical (unpaired) electrons. The molecule has 0 aliphatic carbocycles. The Hall–Kier alpha value is -3.46. The molecule has 2 aromatic heterocycles. The van der Waals surface area contributed by atoms with Crippen LogP contribution < -0.4 is 10.2 Å². The highest BCUT2D eigenvalue weighted by Gasteiger charge is 2.26. The number of hydrogen-bond acceptors (Lipinski definition) is 6. The van der Waals surface area contributed by atoms with E-state index in [9.17, 15) is 13.9 Å². The Morgan fingerprint density at radius 1 is 1.09 bits per heavy atom. The van der Waals surface area contributed by atoms with Crippen molar-refractivity contribution in [2.45, 2.75) is 18.4 Å². The molecule has 0 bridgehead atoms. The number of carbonyl (C=O) groups is 1. The van der Waals surface area contributed by atoms with E-state index in [2.05, 4.69) is 10.3 Å². The lowest BCUT2D eigenvalue weighted by Crippen LogP contribution is -2.26. The minimum Gasteiger partial charge on any atom is -0.351 e. The van der Waals surface area contributed by atoms with Gasteiger partial charge in [0.2, 0.25) is 0 Å². The van der Waals surface area contributed by atoms with E-state index in [0.717, 1.165) is 22.0 Å². The van der Waals surface area contributed by atoms with Gasteiger partial charge >= 0.3 is 0 Å². The summed E-state index contributed by atoms with van der Waals surface area (Å²) in [6, 6.07) is 18.6. The third-order valence-electron chi connectivity index (χ3n) is 5.78. The number of hydrogen-bond donors (Lipinski definition) is 3. The smallest absolute Gasteiger partial charge is 0.257 e. The molecule has 0 unspecified atom stereocenters. The number of amides is 1. The highest BCUT2D eigenvalue weighted by atomic mass is 32.3. The highest BCUT2D eigenvalue weighted by Crippen LogP contribution is 2.51. The first-order valence-electron chi connectivity index (χ1n) is 10.6. The number of benzene rings is 2. The van der Waals surface area contributed by atoms with Crippen molar-refractivity contribution in [1.82, 2.24) is 9.97 Å². The van der Waals surface area contributed by atoms with E-state index in [-0.39, 0.29) is 11.7 Å². The number of nitrogens with one attached hydrogen (secondary N) is 1. The van der Waals surface area contributed by atoms with E-state index < -0.39 is 10.6 Å². The Kier molecular flexibility index (Phi) is 5.49. The van der Waals surface area contributed by atoms with Gasteiger partial charge in [-0.15, -0.1) is 0 Å². The number of pyridine rings is 2. The van der Waals surface area contributed by atoms with Crippen LogP contribution in [0.15, 0.2) is 78.0 Å². The second kappa shape index (κ2) is 8.47. The van der Waals surface area contributed by atoms with Crippen LogP contribution in [0, 0.1) is 6.92 Å². The topological polar surface area (TPSA) is 98.6 Å². The third-order valence-corrected chi connectivity index (χ3v) is 7.63. The zero-order valence-electron chi connectivity index (χ0n) is 18.1. The molecule has 0 atom stereocenters. The number of nitrogens with zero attached hydrogens (tertiary/aromatic N) is 3. The van der Waals surface area contributed by atoms with Crippen LogP contribution in [-0.2, 0) is 6.54 Å². The summed E-state index contributed by atoms with van der Waals surface area (Å²) in [5.74, 6) is 0.632. The molecule has 3 N–H and O–H groups in total. The van der Waals surface area contributed by atoms with Gasteiger partial charge < -0.3 is 10.2 Å². The van der Waals surface area contributed by atoms with Crippen molar-refractivity contribution < 1.29 is 13.9 Å². The first-order valence-corrected chi connectivity index (χ1v) is 12.3. The minimum absolute atomic E-state index is 0.217. The van der Waals surface area contributed by atoms with Gasteiger partial charge in [-0.2, -0.15) is 10.6 Å². The zero-order valence-corrected chi connectivity index (χ0v) is 18.9. The quantitative estimate of drug-likeness (QED) is 0.383. The summed E-state index contributed by atoms with van der Waals surface area (Å²) in [6.45, 7) is 2.92. The van der Waals surface area contributed by atoms with Crippen LogP contribution in [0.4, 0.5) is 11.5 Å². The fourth-order valence-corrected chi connectivity index (χ4v) is 5.61. The minimum atomic E-state index is -2.88. The molecule has 0 spiro atoms. The molecule has 4 aromatic rings. The summed E-state index contributed by atoms with van der Waals surface area (Å²) in [7, 11) is -2.88. The Balaban J connectivity index is 1.57. The summed E-state index contributed by atoms with van der Waals surface area (Å²) in [5, 5.41) is 3.86. The van der Waals surface area contributed by atoms with Crippen LogP contribution in [0.5, 0.6) is 0 Å². The molecule has 0 saturated carbocycles. The van der Waals surface area contributed by atoms with E-state index in [0.29, 0.717) is 35.1 Å². The molecule has 1 aliphatic heterocycles. The summed E-state index contributed by atoms with van der Waals surface area (Å²) >= 11 is 0. The summed E-state index contributed by atoms with van der Waals surface area (Å²) in [5.41, 5.74) is 3.79. The summed E-state index contributed by atoms with van der Waals surface area (Å²) < 4.78 is 21.4. The predicted octanol–water partition coefficient (Wildman–Crippen LogP) is 5.32. The molecule has 168 valence electrons. The second-order valence-corrected chi connectivity index (χ2v) is 10.3. The number of anilines is 2. The van der Waals surface area contributed by atoms with Gasteiger partial charge in [-0.25, -0.2) is 4.98 Å². The lowest BCUT2D eigenvalue weighted by molar-refractivity contribution is 0.102. The van der Waals surface area contributed by atoms with Gasteiger partial charge in [-0.3, -0.25) is 18.9 Å². The van der Waals surface area contributed by atoms with Crippen LogP contribution in [0.3, 0.4) is 0 Å². The fraction of sp³-hybridized carbons (Fsp3) is 0.160. The maximum atomic E-state index is 12.9. The monoisotopic (exact) mass is 460 g/mol. The number of carbonyl (C=O) groups excluding carboxylic acids is 1. The molecular formula is C25H24N4O3S. The number of rotatable bonds is 3. The Bertz CT molecular complexity index is 1340. The Morgan fingerprint density at radius 2 is 1.94 bits per heavy atom. The van der Waals surface area contributed by atoms with Crippen LogP contribution in [-0.4, -0.2) is 37.3 Å². The van der Waals surface area contributed by atoms with Gasteiger partial charge in [0, 0.05) is 36.9 Å². The molecule has 0 saturated heterocycles. The van der Waals surface area contributed by atoms with Crippen LogP contribution in [0.25, 0.3) is 10.9 Å². The maximum absolute atomic E-state index is 12.9. The molecule has 2 aromatic carbocycles. The zero-order chi connectivity index (χ0) is 23.0. The molecule has 8 heteroatoms. The second-order valence-electron chi connectivity index (χ2n) is 8.14. The first-order chi connectivity index (χ1) is 15.9. The summed E-state index contributed by atoms with van der Waals surface area (Å²) in [6.07, 6.45) is 3.16. The van der Waals surface area contributed by atoms with Gasteiger partial charge in [-0.05, 0) is 42.8 Å². The Labute approximate surface area is 193 Å². The van der Waals surface area contributed by atoms with Crippen molar-refractivity contribution >= 4 is 38.9 Å². The average Bonchev–Trinajstić information content (AvgIpc) is 2.96. The first kappa shape index (κ1) is 21.4. The van der Waals surface area contributed by atoms with E-state index >= 15 is 0 Å². The molecule has 3 heterocycles. The van der Waals surface area contributed by atoms with Gasteiger partial charge in [0.25, 0.3) is 5.91 Å². The van der Waals surface area contributed by atoms with Crippen molar-refractivity contribution in [3.05, 3.63) is 89.7 Å². The van der Waals surface area contributed by atoms with E-state index in [1.807, 2.05) is 54.3 Å². The lowest BCUT2D eigenvalue weighted by Gasteiger charge is -2.32. The van der Waals surface area contributed by atoms with Gasteiger partial charge in [0.05, 0.1) is 27.4 Å². The molecule has 5 rings (SSSR count). The number of fused-ring (bicyclic) bond motifs is 2. The standard InChI is InChI=1S/C25H24N4O3S/c1-17-8-9-21-20(13-17)22(28-25(30)18-6-4-10-26-15-18)14-24(27-21)29-11-12-33(31,32)23-7-3-2-5-19(23)16-29/h2-10,13-15,31-32H,11-12,16H2,1H3,(H,27,28,30). The molecular weight excluding hydrogens is 436 g/mol. The van der Waals surface area contributed by atoms with Crippen LogP contribution in [0.1, 0.15) is 21.5 Å². The van der Waals surface area contributed by atoms with Crippen molar-refractivity contribution in [3.63, 3.8) is 0 Å². The normalized spacial score (nSPS) is 16.0. The summed E-state index contributed by atoms with van der Waals surface area (Å²) in [4.78, 5) is 24.4. The van der Waals surface area contributed by atoms with Gasteiger partial charge in [0.1, 0.15) is 5.82 Å². The largest absolute Gasteiger partial charge is 0.351 e. The molecule has 33 heavy (non-hydrogen) atoms. The van der Waals surface area contributed by atoms with Crippen LogP contribution >= 0.6 is 10.6 Å². The lowest BCUT2D eigenvalue weighted by atomic mass is 10.1. The van der Waals surface area contributed by atoms with Crippen molar-refractivity contribution in [2.24, 2.45) is 0 Å². The van der Waals surface area contributed by atoms with E-state index in [1.54, 1.807) is 24.4 Å².